The number of pyridine rings is 1. The molecule has 0 radical (unpaired) electrons. The van der Waals surface area contributed by atoms with Crippen LogP contribution in [-0.4, -0.2) is 18.4 Å². The predicted molar refractivity (Wildman–Crippen MR) is 286 cm³/mol. The van der Waals surface area contributed by atoms with Gasteiger partial charge in [0.25, 0.3) is 0 Å². The molecule has 0 aliphatic rings. The lowest BCUT2D eigenvalue weighted by Gasteiger charge is -2.21. The summed E-state index contributed by atoms with van der Waals surface area (Å²) < 4.78 is 7.48. The van der Waals surface area contributed by atoms with Crippen LogP contribution in [0.15, 0.2) is 170 Å². The van der Waals surface area contributed by atoms with Gasteiger partial charge in [0.05, 0.1) is 44.1 Å². The number of benzene rings is 9. The molecular weight excluding hydrogens is 813 g/mol. The number of fused-ring (bicyclic) bond motifs is 19. The molecular formula is C63H46N4. The number of para-hydroxylation sites is 2. The van der Waals surface area contributed by atoms with Crippen molar-refractivity contribution >= 4 is 120 Å². The Morgan fingerprint density at radius 1 is 0.373 bits per heavy atom. The predicted octanol–water partition coefficient (Wildman–Crippen LogP) is 17.0. The molecule has 67 heavy (non-hydrogen) atoms. The van der Waals surface area contributed by atoms with E-state index in [9.17, 15) is 0 Å². The maximum Gasteiger partial charge on any atom is 0.146 e. The second-order valence-electron chi connectivity index (χ2n) is 21.2. The Balaban J connectivity index is 1.13. The monoisotopic (exact) mass is 858 g/mol. The topological polar surface area (TPSA) is 26.6 Å². The smallest absolute Gasteiger partial charge is 0.146 e. The number of rotatable bonds is 2. The van der Waals surface area contributed by atoms with Gasteiger partial charge in [0, 0.05) is 59.7 Å². The van der Waals surface area contributed by atoms with Gasteiger partial charge < -0.3 is 8.97 Å². The molecule has 0 aliphatic carbocycles. The van der Waals surface area contributed by atoms with Crippen molar-refractivity contribution in [2.24, 2.45) is 0 Å². The zero-order valence-corrected chi connectivity index (χ0v) is 38.5. The molecule has 318 valence electrons. The van der Waals surface area contributed by atoms with Crippen LogP contribution in [0.25, 0.3) is 137 Å². The molecule has 4 heteroatoms. The molecule has 0 spiro atoms. The Morgan fingerprint density at radius 2 is 0.970 bits per heavy atom. The van der Waals surface area contributed by atoms with Crippen LogP contribution in [0, 0.1) is 0 Å². The highest BCUT2D eigenvalue weighted by atomic mass is 15.0. The molecule has 9 aromatic carbocycles. The third-order valence-corrected chi connectivity index (χ3v) is 15.3. The largest absolute Gasteiger partial charge is 0.309 e. The normalized spacial score (nSPS) is 13.2. The fourth-order valence-corrected chi connectivity index (χ4v) is 12.1. The third kappa shape index (κ3) is 4.79. The number of hydrogen-bond acceptors (Lipinski definition) is 1. The molecule has 0 amide bonds. The van der Waals surface area contributed by atoms with Gasteiger partial charge in [0.2, 0.25) is 0 Å². The van der Waals surface area contributed by atoms with Gasteiger partial charge in [-0.25, -0.2) is 4.98 Å². The van der Waals surface area contributed by atoms with Crippen LogP contribution >= 0.6 is 0 Å². The zero-order chi connectivity index (χ0) is 44.8. The molecule has 0 N–H and O–H groups in total. The van der Waals surface area contributed by atoms with Crippen molar-refractivity contribution in [3.8, 4) is 16.8 Å². The molecule has 6 heterocycles. The first kappa shape index (κ1) is 37.3. The van der Waals surface area contributed by atoms with E-state index in [2.05, 4.69) is 225 Å². The molecule has 15 rings (SSSR count). The molecule has 0 atom stereocenters. The van der Waals surface area contributed by atoms with Crippen molar-refractivity contribution in [2.75, 3.05) is 0 Å². The highest BCUT2D eigenvalue weighted by Crippen LogP contribution is 2.50. The summed E-state index contributed by atoms with van der Waals surface area (Å²) in [6.07, 6.45) is 0. The summed E-state index contributed by atoms with van der Waals surface area (Å²) in [5.41, 5.74) is 16.7. The second-order valence-corrected chi connectivity index (χ2v) is 21.2. The lowest BCUT2D eigenvalue weighted by atomic mass is 9.83. The van der Waals surface area contributed by atoms with Crippen LogP contribution < -0.4 is 0 Å². The maximum absolute atomic E-state index is 5.98. The van der Waals surface area contributed by atoms with E-state index in [1.807, 2.05) is 0 Å². The molecule has 0 unspecified atom stereocenters. The third-order valence-electron chi connectivity index (χ3n) is 15.3. The quantitative estimate of drug-likeness (QED) is 0.170. The Morgan fingerprint density at radius 3 is 1.72 bits per heavy atom. The molecule has 0 aliphatic heterocycles. The fraction of sp³-hybridized carbons (Fsp3) is 0.127. The van der Waals surface area contributed by atoms with Gasteiger partial charge in [-0.1, -0.05) is 139 Å². The van der Waals surface area contributed by atoms with Crippen LogP contribution in [0.1, 0.15) is 52.7 Å². The van der Waals surface area contributed by atoms with Gasteiger partial charge in [-0.3, -0.25) is 4.40 Å². The zero-order valence-electron chi connectivity index (χ0n) is 38.5. The van der Waals surface area contributed by atoms with Crippen LogP contribution in [0.5, 0.6) is 0 Å². The number of hydrogen-bond donors (Lipinski definition) is 0. The summed E-state index contributed by atoms with van der Waals surface area (Å²) in [6, 6.07) is 64.1. The summed E-state index contributed by atoms with van der Waals surface area (Å²) in [5.74, 6) is 0. The highest BCUT2D eigenvalue weighted by Gasteiger charge is 2.29. The highest BCUT2D eigenvalue weighted by molar-refractivity contribution is 6.35. The molecule has 0 bridgehead atoms. The van der Waals surface area contributed by atoms with Crippen molar-refractivity contribution in [1.29, 1.82) is 0 Å². The minimum atomic E-state index is -0.0943. The number of aromatic nitrogens is 4. The second kappa shape index (κ2) is 12.5. The first-order chi connectivity index (χ1) is 32.5. The van der Waals surface area contributed by atoms with Gasteiger partial charge >= 0.3 is 0 Å². The Bertz CT molecular complexity index is 4620. The molecule has 15 aromatic rings. The standard InChI is InChI=1S/C63H46N4/c1-62(2,3)38-25-27-53-46(31-38)47-29-36-17-11-13-21-42(36)56-57-54(66(53)60(47)56)34-49-48-30-35-16-10-12-20-41(35)55-50-33-39(63(4,5)6)32-44(58(50)67(59(48)55)61(49)64-57)37-24-26-52-45(28-37)43-22-14-15-23-51(43)65(52)40-18-8-7-9-19-40/h7-34H,1-6H3. The lowest BCUT2D eigenvalue weighted by molar-refractivity contribution is 0.591. The summed E-state index contributed by atoms with van der Waals surface area (Å²) in [7, 11) is 0. The van der Waals surface area contributed by atoms with E-state index in [0.29, 0.717) is 0 Å². The first-order valence-corrected chi connectivity index (χ1v) is 23.7. The van der Waals surface area contributed by atoms with Gasteiger partial charge in [-0.2, -0.15) is 0 Å². The molecule has 4 nitrogen and oxygen atoms in total. The maximum atomic E-state index is 5.98. The van der Waals surface area contributed by atoms with Crippen LogP contribution in [0.3, 0.4) is 0 Å². The van der Waals surface area contributed by atoms with Crippen LogP contribution in [0.2, 0.25) is 0 Å². The summed E-state index contributed by atoms with van der Waals surface area (Å²) >= 11 is 0. The first-order valence-electron chi connectivity index (χ1n) is 23.7. The van der Waals surface area contributed by atoms with Crippen molar-refractivity contribution < 1.29 is 0 Å². The Hall–Kier alpha value is -7.95. The van der Waals surface area contributed by atoms with E-state index >= 15 is 0 Å². The lowest BCUT2D eigenvalue weighted by Crippen LogP contribution is -2.11. The number of nitrogens with zero attached hydrogens (tertiary/aromatic N) is 4. The van der Waals surface area contributed by atoms with Gasteiger partial charge in [-0.15, -0.1) is 0 Å². The van der Waals surface area contributed by atoms with Gasteiger partial charge in [-0.05, 0) is 122 Å². The minimum Gasteiger partial charge on any atom is -0.309 e. The van der Waals surface area contributed by atoms with Crippen molar-refractivity contribution in [3.05, 3.63) is 181 Å². The van der Waals surface area contributed by atoms with E-state index in [0.717, 1.165) is 22.4 Å². The summed E-state index contributed by atoms with van der Waals surface area (Å²) in [4.78, 5) is 5.98. The van der Waals surface area contributed by atoms with Gasteiger partial charge in [0.15, 0.2) is 0 Å². The average molecular weight is 859 g/mol. The molecule has 0 saturated heterocycles. The van der Waals surface area contributed by atoms with E-state index in [1.54, 1.807) is 0 Å². The van der Waals surface area contributed by atoms with Crippen LogP contribution in [0.4, 0.5) is 0 Å². The molecule has 0 saturated carbocycles. The van der Waals surface area contributed by atoms with Crippen molar-refractivity contribution in [2.45, 2.75) is 52.4 Å². The SMILES string of the molecule is CC(C)(C)c1ccc2c(c1)c1cc3ccccc3c3c4nc5c(cc4n2c13)c1cc2ccccc2c2c3cc(C(C)(C)C)cc(-c4ccc6c(c4)c4ccccc4n6-c4ccccc4)c3n5c12. The fourth-order valence-electron chi connectivity index (χ4n) is 12.1. The van der Waals surface area contributed by atoms with Gasteiger partial charge in [0.1, 0.15) is 5.65 Å². The van der Waals surface area contributed by atoms with Crippen LogP contribution in [-0.2, 0) is 10.8 Å². The van der Waals surface area contributed by atoms with Crippen molar-refractivity contribution in [1.82, 2.24) is 18.4 Å². The molecule has 6 aromatic heterocycles. The van der Waals surface area contributed by atoms with Crippen molar-refractivity contribution in [3.63, 3.8) is 0 Å². The average Bonchev–Trinajstić information content (AvgIpc) is 4.12. The van der Waals surface area contributed by atoms with E-state index in [4.69, 9.17) is 4.98 Å². The minimum absolute atomic E-state index is 0.0314. The summed E-state index contributed by atoms with van der Waals surface area (Å²) in [5, 5.41) is 16.3. The van der Waals surface area contributed by atoms with E-state index in [-0.39, 0.29) is 10.8 Å². The Kier molecular flexibility index (Phi) is 6.94. The van der Waals surface area contributed by atoms with E-state index in [1.165, 1.54) is 125 Å². The summed E-state index contributed by atoms with van der Waals surface area (Å²) in [6.45, 7) is 14.0. The Labute approximate surface area is 386 Å². The molecule has 0 fully saturated rings. The van der Waals surface area contributed by atoms with E-state index < -0.39 is 0 Å².